The van der Waals surface area contributed by atoms with Crippen LogP contribution in [0, 0.1) is 16.0 Å². The van der Waals surface area contributed by atoms with Crippen molar-refractivity contribution < 1.29 is 14.8 Å². The molecule has 0 aromatic heterocycles. The molecular weight excluding hydrogens is 310 g/mol. The molecule has 1 aliphatic carbocycles. The lowest BCUT2D eigenvalue weighted by molar-refractivity contribution is -0.384. The van der Waals surface area contributed by atoms with Gasteiger partial charge in [0.1, 0.15) is 5.69 Å². The summed E-state index contributed by atoms with van der Waals surface area (Å²) in [5.74, 6) is 0.0439. The number of nitrogens with zero attached hydrogens (tertiary/aromatic N) is 1. The molecular formula is C17H25N3O4. The SMILES string of the molecule is CC(C)C(=O)N[C@H]1CC[C@@H](Nc2cc(CO)ccc2[N+](=O)[O-])CC1. The number of aliphatic hydroxyl groups excluding tert-OH is 1. The van der Waals surface area contributed by atoms with E-state index in [0.717, 1.165) is 25.7 Å². The van der Waals surface area contributed by atoms with Gasteiger partial charge in [-0.2, -0.15) is 0 Å². The van der Waals surface area contributed by atoms with Crippen LogP contribution in [0.4, 0.5) is 11.4 Å². The van der Waals surface area contributed by atoms with Crippen LogP contribution in [0.1, 0.15) is 45.1 Å². The third-order valence-electron chi connectivity index (χ3n) is 4.40. The van der Waals surface area contributed by atoms with Crippen LogP contribution in [-0.2, 0) is 11.4 Å². The maximum atomic E-state index is 11.7. The Morgan fingerprint density at radius 1 is 1.29 bits per heavy atom. The van der Waals surface area contributed by atoms with Crippen molar-refractivity contribution in [2.24, 2.45) is 5.92 Å². The molecule has 0 bridgehead atoms. The molecule has 0 heterocycles. The lowest BCUT2D eigenvalue weighted by Crippen LogP contribution is -2.41. The molecule has 24 heavy (non-hydrogen) atoms. The second kappa shape index (κ2) is 8.10. The minimum atomic E-state index is -0.419. The fourth-order valence-electron chi connectivity index (χ4n) is 2.93. The van der Waals surface area contributed by atoms with E-state index in [1.165, 1.54) is 6.07 Å². The summed E-state index contributed by atoms with van der Waals surface area (Å²) in [4.78, 5) is 22.5. The number of amides is 1. The fraction of sp³-hybridized carbons (Fsp3) is 0.588. The number of nitro benzene ring substituents is 1. The largest absolute Gasteiger partial charge is 0.392 e. The standard InChI is InChI=1S/C17H25N3O4/c1-11(2)17(22)19-14-6-4-13(5-7-14)18-15-9-12(10-21)3-8-16(15)20(23)24/h3,8-9,11,13-14,18,21H,4-7,10H2,1-2H3,(H,19,22)/t13-,14+. The number of anilines is 1. The molecule has 1 aromatic carbocycles. The van der Waals surface area contributed by atoms with Crippen molar-refractivity contribution >= 4 is 17.3 Å². The summed E-state index contributed by atoms with van der Waals surface area (Å²) in [6.45, 7) is 3.59. The summed E-state index contributed by atoms with van der Waals surface area (Å²) >= 11 is 0. The number of aliphatic hydroxyl groups is 1. The van der Waals surface area contributed by atoms with Crippen LogP contribution in [0.5, 0.6) is 0 Å². The quantitative estimate of drug-likeness (QED) is 0.547. The van der Waals surface area contributed by atoms with Gasteiger partial charge in [0.2, 0.25) is 5.91 Å². The summed E-state index contributed by atoms with van der Waals surface area (Å²) in [5, 5.41) is 26.7. The smallest absolute Gasteiger partial charge is 0.292 e. The Hall–Kier alpha value is -2.15. The molecule has 3 N–H and O–H groups in total. The molecule has 7 heteroatoms. The van der Waals surface area contributed by atoms with Crippen molar-refractivity contribution in [1.29, 1.82) is 0 Å². The second-order valence-electron chi connectivity index (χ2n) is 6.62. The van der Waals surface area contributed by atoms with E-state index in [0.29, 0.717) is 11.3 Å². The van der Waals surface area contributed by atoms with E-state index in [-0.39, 0.29) is 36.2 Å². The van der Waals surface area contributed by atoms with Gasteiger partial charge in [-0.25, -0.2) is 0 Å². The second-order valence-corrected chi connectivity index (χ2v) is 6.62. The van der Waals surface area contributed by atoms with Gasteiger partial charge in [0, 0.05) is 24.1 Å². The average Bonchev–Trinajstić information content (AvgIpc) is 2.56. The van der Waals surface area contributed by atoms with Gasteiger partial charge in [-0.1, -0.05) is 13.8 Å². The molecule has 132 valence electrons. The number of rotatable bonds is 6. The maximum Gasteiger partial charge on any atom is 0.292 e. The number of carbonyl (C=O) groups excluding carboxylic acids is 1. The number of carbonyl (C=O) groups is 1. The summed E-state index contributed by atoms with van der Waals surface area (Å²) in [6, 6.07) is 4.91. The lowest BCUT2D eigenvalue weighted by atomic mass is 9.90. The summed E-state index contributed by atoms with van der Waals surface area (Å²) in [7, 11) is 0. The highest BCUT2D eigenvalue weighted by Crippen LogP contribution is 2.29. The fourth-order valence-corrected chi connectivity index (χ4v) is 2.93. The predicted octanol–water partition coefficient (Wildman–Crippen LogP) is 2.58. The molecule has 0 spiro atoms. The van der Waals surface area contributed by atoms with Crippen LogP contribution in [0.15, 0.2) is 18.2 Å². The molecule has 0 radical (unpaired) electrons. The topological polar surface area (TPSA) is 104 Å². The van der Waals surface area contributed by atoms with Crippen LogP contribution in [-0.4, -0.2) is 28.0 Å². The Morgan fingerprint density at radius 2 is 1.92 bits per heavy atom. The zero-order valence-corrected chi connectivity index (χ0v) is 14.1. The molecule has 0 saturated heterocycles. The van der Waals surface area contributed by atoms with Crippen molar-refractivity contribution in [2.75, 3.05) is 5.32 Å². The molecule has 1 fully saturated rings. The van der Waals surface area contributed by atoms with Crippen molar-refractivity contribution in [1.82, 2.24) is 5.32 Å². The van der Waals surface area contributed by atoms with Crippen molar-refractivity contribution in [2.45, 2.75) is 58.2 Å². The number of benzene rings is 1. The van der Waals surface area contributed by atoms with E-state index >= 15 is 0 Å². The van der Waals surface area contributed by atoms with E-state index in [2.05, 4.69) is 10.6 Å². The van der Waals surface area contributed by atoms with Gasteiger partial charge in [-0.05, 0) is 43.4 Å². The molecule has 1 aliphatic rings. The van der Waals surface area contributed by atoms with Crippen LogP contribution < -0.4 is 10.6 Å². The molecule has 7 nitrogen and oxygen atoms in total. The minimum absolute atomic E-state index is 0.0161. The minimum Gasteiger partial charge on any atom is -0.392 e. The van der Waals surface area contributed by atoms with E-state index in [9.17, 15) is 20.0 Å². The summed E-state index contributed by atoms with van der Waals surface area (Å²) in [5.41, 5.74) is 1.10. The Kier molecular flexibility index (Phi) is 6.14. The Balaban J connectivity index is 1.96. The number of nitrogens with one attached hydrogen (secondary N) is 2. The van der Waals surface area contributed by atoms with Gasteiger partial charge in [0.05, 0.1) is 11.5 Å². The van der Waals surface area contributed by atoms with Crippen LogP contribution in [0.2, 0.25) is 0 Å². The monoisotopic (exact) mass is 335 g/mol. The highest BCUT2D eigenvalue weighted by molar-refractivity contribution is 5.78. The first-order valence-electron chi connectivity index (χ1n) is 8.35. The third-order valence-corrected chi connectivity index (χ3v) is 4.40. The first-order chi connectivity index (χ1) is 11.4. The van der Waals surface area contributed by atoms with E-state index in [1.54, 1.807) is 12.1 Å². The van der Waals surface area contributed by atoms with Crippen LogP contribution in [0.25, 0.3) is 0 Å². The van der Waals surface area contributed by atoms with Crippen molar-refractivity contribution in [3.05, 3.63) is 33.9 Å². The third kappa shape index (κ3) is 4.67. The molecule has 2 rings (SSSR count). The van der Waals surface area contributed by atoms with Gasteiger partial charge < -0.3 is 15.7 Å². The van der Waals surface area contributed by atoms with Gasteiger partial charge in [-0.15, -0.1) is 0 Å². The van der Waals surface area contributed by atoms with Crippen LogP contribution in [0.3, 0.4) is 0 Å². The molecule has 0 aliphatic heterocycles. The molecule has 1 saturated carbocycles. The van der Waals surface area contributed by atoms with Gasteiger partial charge in [-0.3, -0.25) is 14.9 Å². The maximum absolute atomic E-state index is 11.7. The average molecular weight is 335 g/mol. The number of nitro groups is 1. The van der Waals surface area contributed by atoms with Crippen LogP contribution >= 0.6 is 0 Å². The normalized spacial score (nSPS) is 20.7. The van der Waals surface area contributed by atoms with Crippen molar-refractivity contribution in [3.63, 3.8) is 0 Å². The number of hydrogen-bond acceptors (Lipinski definition) is 5. The zero-order chi connectivity index (χ0) is 17.7. The molecule has 0 atom stereocenters. The van der Waals surface area contributed by atoms with Gasteiger partial charge in [0.15, 0.2) is 0 Å². The Labute approximate surface area is 141 Å². The molecule has 1 amide bonds. The Morgan fingerprint density at radius 3 is 2.46 bits per heavy atom. The van der Waals surface area contributed by atoms with Gasteiger partial charge in [0.25, 0.3) is 5.69 Å². The first kappa shape index (κ1) is 18.2. The van der Waals surface area contributed by atoms with E-state index in [1.807, 2.05) is 13.8 Å². The zero-order valence-electron chi connectivity index (χ0n) is 14.1. The Bertz CT molecular complexity index is 595. The summed E-state index contributed by atoms with van der Waals surface area (Å²) < 4.78 is 0. The van der Waals surface area contributed by atoms with Gasteiger partial charge >= 0.3 is 0 Å². The predicted molar refractivity (Wildman–Crippen MR) is 91.7 cm³/mol. The van der Waals surface area contributed by atoms with E-state index < -0.39 is 4.92 Å². The number of hydrogen-bond donors (Lipinski definition) is 3. The summed E-state index contributed by atoms with van der Waals surface area (Å²) in [6.07, 6.45) is 3.38. The lowest BCUT2D eigenvalue weighted by Gasteiger charge is -2.30. The molecule has 1 aromatic rings. The highest BCUT2D eigenvalue weighted by Gasteiger charge is 2.25. The first-order valence-corrected chi connectivity index (χ1v) is 8.35. The van der Waals surface area contributed by atoms with Crippen molar-refractivity contribution in [3.8, 4) is 0 Å². The van der Waals surface area contributed by atoms with E-state index in [4.69, 9.17) is 0 Å². The molecule has 0 unspecified atom stereocenters. The highest BCUT2D eigenvalue weighted by atomic mass is 16.6.